The normalized spacial score (nSPS) is 10.6. The molecule has 0 radical (unpaired) electrons. The Balaban J connectivity index is 1.82. The van der Waals surface area contributed by atoms with Crippen LogP contribution in [0.25, 0.3) is 22.3 Å². The van der Waals surface area contributed by atoms with Crippen LogP contribution in [-0.4, -0.2) is 30.3 Å². The number of rotatable bonds is 9. The zero-order chi connectivity index (χ0) is 23.1. The van der Waals surface area contributed by atoms with Crippen molar-refractivity contribution in [3.63, 3.8) is 0 Å². The summed E-state index contributed by atoms with van der Waals surface area (Å²) in [5, 5.41) is 9.52. The molecule has 0 unspecified atom stereocenters. The largest absolute Gasteiger partial charge is 0.492 e. The number of aryl methyl sites for hydroxylation is 1. The van der Waals surface area contributed by atoms with Gasteiger partial charge >= 0.3 is 11.9 Å². The number of carboxylic acid groups (broad SMARTS) is 1. The minimum absolute atomic E-state index is 0.292. The van der Waals surface area contributed by atoms with Crippen molar-refractivity contribution in [2.75, 3.05) is 13.2 Å². The van der Waals surface area contributed by atoms with Gasteiger partial charge in [0.1, 0.15) is 5.75 Å². The summed E-state index contributed by atoms with van der Waals surface area (Å²) in [4.78, 5) is 22.4. The van der Waals surface area contributed by atoms with Crippen molar-refractivity contribution >= 4 is 27.9 Å². The van der Waals surface area contributed by atoms with Crippen LogP contribution in [0, 0.1) is 0 Å². The third-order valence-corrected chi connectivity index (χ3v) is 5.67. The highest BCUT2D eigenvalue weighted by Gasteiger charge is 2.14. The maximum absolute atomic E-state index is 11.6. The van der Waals surface area contributed by atoms with E-state index in [0.29, 0.717) is 30.8 Å². The molecule has 3 rings (SSSR count). The van der Waals surface area contributed by atoms with Crippen LogP contribution in [0.1, 0.15) is 36.2 Å². The number of hydrogen-bond acceptors (Lipinski definition) is 4. The van der Waals surface area contributed by atoms with Gasteiger partial charge in [0, 0.05) is 13.3 Å². The zero-order valence-electron chi connectivity index (χ0n) is 18.1. The molecule has 0 aliphatic heterocycles. The average Bonchev–Trinajstić information content (AvgIpc) is 2.79. The molecule has 0 aliphatic rings. The van der Waals surface area contributed by atoms with Crippen LogP contribution in [0.15, 0.2) is 65.1 Å². The molecule has 3 aromatic rings. The number of carboxylic acids is 1. The van der Waals surface area contributed by atoms with E-state index in [9.17, 15) is 14.7 Å². The van der Waals surface area contributed by atoms with Crippen molar-refractivity contribution in [1.82, 2.24) is 0 Å². The van der Waals surface area contributed by atoms with Gasteiger partial charge in [-0.2, -0.15) is 0 Å². The molecule has 0 amide bonds. The number of halogens is 1. The maximum atomic E-state index is 11.6. The quantitative estimate of drug-likeness (QED) is 0.275. The molecule has 0 atom stereocenters. The Morgan fingerprint density at radius 2 is 1.66 bits per heavy atom. The Kier molecular flexibility index (Phi) is 8.06. The SMILES string of the molecule is CCc1cc(-c2ccccc2C(=O)O)ccc1-c1ccc(OCCCOC(C)=O)c(Br)c1. The molecular formula is C26H25BrO5. The fourth-order valence-electron chi connectivity index (χ4n) is 3.50. The van der Waals surface area contributed by atoms with Gasteiger partial charge in [-0.25, -0.2) is 4.79 Å². The number of aromatic carboxylic acids is 1. The van der Waals surface area contributed by atoms with E-state index in [-0.39, 0.29) is 5.97 Å². The first-order valence-electron chi connectivity index (χ1n) is 10.4. The molecule has 0 saturated heterocycles. The Morgan fingerprint density at radius 3 is 2.34 bits per heavy atom. The summed E-state index contributed by atoms with van der Waals surface area (Å²) in [5.74, 6) is -0.503. The van der Waals surface area contributed by atoms with Crippen LogP contribution in [0.3, 0.4) is 0 Å². The third-order valence-electron chi connectivity index (χ3n) is 5.05. The fraction of sp³-hybridized carbons (Fsp3) is 0.231. The number of esters is 1. The molecule has 0 fully saturated rings. The summed E-state index contributed by atoms with van der Waals surface area (Å²) >= 11 is 3.58. The van der Waals surface area contributed by atoms with E-state index < -0.39 is 5.97 Å². The minimum atomic E-state index is -0.935. The van der Waals surface area contributed by atoms with Crippen LogP contribution < -0.4 is 4.74 Å². The molecule has 0 aliphatic carbocycles. The third kappa shape index (κ3) is 5.77. The molecule has 5 nitrogen and oxygen atoms in total. The lowest BCUT2D eigenvalue weighted by Crippen LogP contribution is -2.06. The lowest BCUT2D eigenvalue weighted by Gasteiger charge is -2.14. The smallest absolute Gasteiger partial charge is 0.336 e. The Morgan fingerprint density at radius 1 is 0.938 bits per heavy atom. The van der Waals surface area contributed by atoms with E-state index in [1.165, 1.54) is 6.92 Å². The Hall–Kier alpha value is -3.12. The van der Waals surface area contributed by atoms with Gasteiger partial charge in [-0.1, -0.05) is 49.4 Å². The highest BCUT2D eigenvalue weighted by Crippen LogP contribution is 2.35. The van der Waals surface area contributed by atoms with Crippen molar-refractivity contribution in [3.05, 3.63) is 76.3 Å². The second-order valence-corrected chi connectivity index (χ2v) is 8.12. The van der Waals surface area contributed by atoms with E-state index in [4.69, 9.17) is 9.47 Å². The van der Waals surface area contributed by atoms with Gasteiger partial charge in [0.05, 0.1) is 23.2 Å². The number of carbonyl (C=O) groups excluding carboxylic acids is 1. The number of benzene rings is 3. The molecule has 0 saturated carbocycles. The molecule has 0 bridgehead atoms. The predicted molar refractivity (Wildman–Crippen MR) is 128 cm³/mol. The van der Waals surface area contributed by atoms with E-state index in [1.54, 1.807) is 12.1 Å². The first kappa shape index (κ1) is 23.5. The average molecular weight is 497 g/mol. The molecule has 6 heteroatoms. The Bertz CT molecular complexity index is 1120. The first-order valence-corrected chi connectivity index (χ1v) is 11.2. The topological polar surface area (TPSA) is 72.8 Å². The molecule has 32 heavy (non-hydrogen) atoms. The predicted octanol–water partition coefficient (Wildman–Crippen LogP) is 6.38. The summed E-state index contributed by atoms with van der Waals surface area (Å²) in [6.45, 7) is 4.25. The molecule has 0 aromatic heterocycles. The van der Waals surface area contributed by atoms with Crippen molar-refractivity contribution in [2.45, 2.75) is 26.7 Å². The van der Waals surface area contributed by atoms with Gasteiger partial charge in [0.25, 0.3) is 0 Å². The van der Waals surface area contributed by atoms with Crippen molar-refractivity contribution < 1.29 is 24.2 Å². The highest BCUT2D eigenvalue weighted by molar-refractivity contribution is 9.10. The van der Waals surface area contributed by atoms with Crippen LogP contribution in [0.2, 0.25) is 0 Å². The molecule has 0 heterocycles. The van der Waals surface area contributed by atoms with Gasteiger partial charge in [0.2, 0.25) is 0 Å². The molecular weight excluding hydrogens is 472 g/mol. The van der Waals surface area contributed by atoms with Crippen molar-refractivity contribution in [3.8, 4) is 28.0 Å². The fourth-order valence-corrected chi connectivity index (χ4v) is 3.99. The van der Waals surface area contributed by atoms with Gasteiger partial charge in [-0.15, -0.1) is 0 Å². The van der Waals surface area contributed by atoms with E-state index in [2.05, 4.69) is 28.9 Å². The lowest BCUT2D eigenvalue weighted by atomic mass is 9.92. The van der Waals surface area contributed by atoms with Crippen LogP contribution in [-0.2, 0) is 16.0 Å². The van der Waals surface area contributed by atoms with Crippen LogP contribution in [0.4, 0.5) is 0 Å². The molecule has 166 valence electrons. The number of hydrogen-bond donors (Lipinski definition) is 1. The second kappa shape index (κ2) is 11.0. The zero-order valence-corrected chi connectivity index (χ0v) is 19.6. The number of carbonyl (C=O) groups is 2. The van der Waals surface area contributed by atoms with Crippen molar-refractivity contribution in [1.29, 1.82) is 0 Å². The van der Waals surface area contributed by atoms with E-state index in [0.717, 1.165) is 38.9 Å². The first-order chi connectivity index (χ1) is 15.4. The van der Waals surface area contributed by atoms with E-state index >= 15 is 0 Å². The van der Waals surface area contributed by atoms with Gasteiger partial charge in [-0.3, -0.25) is 4.79 Å². The summed E-state index contributed by atoms with van der Waals surface area (Å²) in [5.41, 5.74) is 5.14. The molecule has 0 spiro atoms. The minimum Gasteiger partial charge on any atom is -0.492 e. The summed E-state index contributed by atoms with van der Waals surface area (Å²) in [6, 6.07) is 19.0. The highest BCUT2D eigenvalue weighted by atomic mass is 79.9. The summed E-state index contributed by atoms with van der Waals surface area (Å²) < 4.78 is 11.5. The molecule has 1 N–H and O–H groups in total. The molecule has 3 aromatic carbocycles. The van der Waals surface area contributed by atoms with Crippen LogP contribution >= 0.6 is 15.9 Å². The van der Waals surface area contributed by atoms with Gasteiger partial charge in [-0.05, 0) is 68.4 Å². The summed E-state index contributed by atoms with van der Waals surface area (Å²) in [7, 11) is 0. The van der Waals surface area contributed by atoms with Gasteiger partial charge < -0.3 is 14.6 Å². The standard InChI is InChI=1S/C26H25BrO5/c1-3-18-15-19(22-7-4-5-8-23(22)26(29)30)9-11-21(18)20-10-12-25(24(27)16-20)32-14-6-13-31-17(2)28/h4-5,7-12,15-16H,3,6,13-14H2,1-2H3,(H,29,30). The summed E-state index contributed by atoms with van der Waals surface area (Å²) in [6.07, 6.45) is 1.43. The second-order valence-electron chi connectivity index (χ2n) is 7.26. The van der Waals surface area contributed by atoms with Crippen LogP contribution in [0.5, 0.6) is 5.75 Å². The monoisotopic (exact) mass is 496 g/mol. The maximum Gasteiger partial charge on any atom is 0.336 e. The van der Waals surface area contributed by atoms with Crippen molar-refractivity contribution in [2.24, 2.45) is 0 Å². The lowest BCUT2D eigenvalue weighted by molar-refractivity contribution is -0.141. The van der Waals surface area contributed by atoms with E-state index in [1.807, 2.05) is 42.5 Å². The Labute approximate surface area is 196 Å². The van der Waals surface area contributed by atoms with Gasteiger partial charge in [0.15, 0.2) is 0 Å². The number of ether oxygens (including phenoxy) is 2.